The highest BCUT2D eigenvalue weighted by atomic mass is 16.6. The van der Waals surface area contributed by atoms with Crippen LogP contribution in [0.5, 0.6) is 35.0 Å². The van der Waals surface area contributed by atoms with Crippen molar-refractivity contribution in [3.8, 4) is 35.0 Å². The van der Waals surface area contributed by atoms with Crippen LogP contribution in [-0.4, -0.2) is 87.9 Å². The lowest BCUT2D eigenvalue weighted by atomic mass is 10.2. The molecule has 20 nitrogen and oxygen atoms in total. The molecule has 6 heterocycles. The first-order chi connectivity index (χ1) is 24.7. The van der Waals surface area contributed by atoms with E-state index in [4.69, 9.17) is 34.2 Å². The van der Waals surface area contributed by atoms with Crippen molar-refractivity contribution in [2.24, 2.45) is 0 Å². The van der Waals surface area contributed by atoms with E-state index in [0.717, 1.165) is 0 Å². The third-order valence-corrected chi connectivity index (χ3v) is 6.31. The second-order valence-corrected chi connectivity index (χ2v) is 12.5. The number of aromatic amines is 2. The highest BCUT2D eigenvalue weighted by molar-refractivity contribution is 6.14. The van der Waals surface area contributed by atoms with Crippen LogP contribution in [0, 0.1) is 0 Å². The van der Waals surface area contributed by atoms with Crippen molar-refractivity contribution in [1.29, 1.82) is 0 Å². The van der Waals surface area contributed by atoms with Gasteiger partial charge in [-0.3, -0.25) is 10.2 Å². The number of nitrogen functional groups attached to an aromatic ring is 1. The highest BCUT2D eigenvalue weighted by Crippen LogP contribution is 2.35. The maximum atomic E-state index is 13.0. The lowest BCUT2D eigenvalue weighted by Gasteiger charge is -2.28. The van der Waals surface area contributed by atoms with Crippen molar-refractivity contribution in [3.05, 3.63) is 49.3 Å². The summed E-state index contributed by atoms with van der Waals surface area (Å²) < 4.78 is 32.5. The monoisotopic (exact) mass is 748 g/mol. The lowest BCUT2D eigenvalue weighted by molar-refractivity contribution is 0.0429. The van der Waals surface area contributed by atoms with Crippen LogP contribution in [-0.2, 0) is 9.47 Å². The van der Waals surface area contributed by atoms with E-state index in [2.05, 4.69) is 50.3 Å². The molecule has 0 saturated carbocycles. The fourth-order valence-electron chi connectivity index (χ4n) is 4.20. The van der Waals surface area contributed by atoms with Crippen LogP contribution >= 0.6 is 0 Å². The zero-order valence-corrected chi connectivity index (χ0v) is 29.5. The minimum atomic E-state index is -0.983. The second kappa shape index (κ2) is 17.1. The van der Waals surface area contributed by atoms with E-state index in [9.17, 15) is 9.59 Å². The minimum Gasteiger partial charge on any atom is -0.497 e. The molecular weight excluding hydrogens is 704 g/mol. The summed E-state index contributed by atoms with van der Waals surface area (Å²) in [6, 6.07) is 6.55. The Morgan fingerprint density at radius 1 is 0.667 bits per heavy atom. The number of hydrogen-bond donors (Lipinski definition) is 3. The Morgan fingerprint density at radius 3 is 1.57 bits per heavy atom. The first-order valence-electron chi connectivity index (χ1n) is 15.4. The van der Waals surface area contributed by atoms with E-state index in [-0.39, 0.29) is 55.2 Å². The average molecular weight is 749 g/mol. The largest absolute Gasteiger partial charge is 0.497 e. The van der Waals surface area contributed by atoms with Crippen molar-refractivity contribution in [2.75, 3.05) is 24.9 Å². The number of methoxy groups -OCH3 is 2. The summed E-state index contributed by atoms with van der Waals surface area (Å²) in [7, 11) is 3.07. The molecule has 2 amide bonds. The molecular formula is C34H44N12O8. The van der Waals surface area contributed by atoms with E-state index >= 15 is 0 Å². The number of aromatic nitrogens is 10. The summed E-state index contributed by atoms with van der Waals surface area (Å²) >= 11 is 0. The van der Waals surface area contributed by atoms with Crippen molar-refractivity contribution < 1.29 is 38.0 Å². The number of nitrogens with two attached hydrogens (primary N) is 1. The fraction of sp³-hybridized carbons (Fsp3) is 0.353. The molecule has 4 N–H and O–H groups in total. The molecule has 0 fully saturated rings. The van der Waals surface area contributed by atoms with E-state index in [1.165, 1.54) is 26.0 Å². The first kappa shape index (κ1) is 41.6. The van der Waals surface area contributed by atoms with E-state index in [0.29, 0.717) is 33.3 Å². The summed E-state index contributed by atoms with van der Waals surface area (Å²) in [5, 5.41) is 14.2. The zero-order valence-electron chi connectivity index (χ0n) is 29.5. The molecule has 288 valence electrons. The van der Waals surface area contributed by atoms with E-state index < -0.39 is 23.4 Å². The Balaban J connectivity index is 0.000000317. The topological polar surface area (TPSA) is 253 Å². The van der Waals surface area contributed by atoms with Gasteiger partial charge < -0.3 is 34.2 Å². The standard InChI is InChI=1S/C21H26N6O6.C11H10N6O2.2CH4/c1-20(2,3)32-18(28)27(19(29)33-21(4,5)6)16-14-15(23-11-24-16)25-26-17(14)31-13-10-12(30-7)8-9-22-13;1-18-6-2-3-13-7(4-6)19-11-8-9(12)14-5-15-10(8)16-17-11;;/h8-11H,1-7H3,(H,23,24,25,26);2-5H,1H3,(H3,12,14,15,16,17);2*1H4. The number of hydrogen-bond acceptors (Lipinski definition) is 17. The Hall–Kier alpha value is -6.86. The predicted octanol–water partition coefficient (Wildman–Crippen LogP) is 6.63. The molecule has 0 aliphatic carbocycles. The van der Waals surface area contributed by atoms with Gasteiger partial charge in [-0.2, -0.15) is 4.90 Å². The Kier molecular flexibility index (Phi) is 13.2. The molecule has 0 aromatic carbocycles. The van der Waals surface area contributed by atoms with E-state index in [1.807, 2.05) is 0 Å². The SMILES string of the molecule is C.C.COc1ccnc(Oc2n[nH]c3ncnc(N(C(=O)OC(C)(C)C)C(=O)OC(C)(C)C)c23)c1.COc1ccnc(Oc2n[nH]c3ncnc(N)c23)c1. The third kappa shape index (κ3) is 10.1. The van der Waals surface area contributed by atoms with Gasteiger partial charge in [0.15, 0.2) is 17.1 Å². The molecule has 0 bridgehead atoms. The Labute approximate surface area is 310 Å². The molecule has 0 radical (unpaired) electrons. The van der Waals surface area contributed by atoms with Gasteiger partial charge in [0.2, 0.25) is 11.8 Å². The molecule has 20 heteroatoms. The molecule has 0 saturated heterocycles. The molecule has 0 aliphatic heterocycles. The summed E-state index contributed by atoms with van der Waals surface area (Å²) in [5.41, 5.74) is 4.73. The maximum Gasteiger partial charge on any atom is 0.425 e. The third-order valence-electron chi connectivity index (χ3n) is 6.31. The lowest BCUT2D eigenvalue weighted by Crippen LogP contribution is -2.44. The summed E-state index contributed by atoms with van der Waals surface area (Å²) in [6.45, 7) is 10.1. The summed E-state index contributed by atoms with van der Waals surface area (Å²) in [6.07, 6.45) is 3.62. The van der Waals surface area contributed by atoms with Crippen LogP contribution in [0.3, 0.4) is 0 Å². The molecule has 0 unspecified atom stereocenters. The van der Waals surface area contributed by atoms with Crippen LogP contribution in [0.4, 0.5) is 21.2 Å². The number of carbonyl (C=O) groups is 2. The Bertz CT molecular complexity index is 2170. The quantitative estimate of drug-likeness (QED) is 0.155. The number of pyridine rings is 2. The molecule has 54 heavy (non-hydrogen) atoms. The van der Waals surface area contributed by atoms with Gasteiger partial charge in [0.1, 0.15) is 51.9 Å². The van der Waals surface area contributed by atoms with Crippen LogP contribution in [0.25, 0.3) is 22.1 Å². The van der Waals surface area contributed by atoms with Crippen molar-refractivity contribution in [2.45, 2.75) is 67.6 Å². The highest BCUT2D eigenvalue weighted by Gasteiger charge is 2.36. The summed E-state index contributed by atoms with van der Waals surface area (Å²) in [5.74, 6) is 2.07. The molecule has 0 spiro atoms. The number of carbonyl (C=O) groups excluding carboxylic acids is 2. The molecule has 6 rings (SSSR count). The maximum absolute atomic E-state index is 13.0. The molecule has 0 atom stereocenters. The van der Waals surface area contributed by atoms with Gasteiger partial charge in [-0.15, -0.1) is 10.2 Å². The number of imide groups is 1. The number of nitrogens with zero attached hydrogens (tertiary/aromatic N) is 9. The van der Waals surface area contributed by atoms with Gasteiger partial charge in [0.25, 0.3) is 11.8 Å². The molecule has 6 aromatic rings. The molecule has 6 aromatic heterocycles. The number of ether oxygens (including phenoxy) is 6. The number of anilines is 2. The normalized spacial score (nSPS) is 10.9. The first-order valence-corrected chi connectivity index (χ1v) is 15.4. The van der Waals surface area contributed by atoms with Crippen LogP contribution < -0.4 is 29.6 Å². The molecule has 0 aliphatic rings. The van der Waals surface area contributed by atoms with E-state index in [1.54, 1.807) is 79.1 Å². The fourth-order valence-corrected chi connectivity index (χ4v) is 4.20. The summed E-state index contributed by atoms with van der Waals surface area (Å²) in [4.78, 5) is 51.1. The smallest absolute Gasteiger partial charge is 0.425 e. The van der Waals surface area contributed by atoms with Gasteiger partial charge in [-0.25, -0.2) is 39.5 Å². The van der Waals surface area contributed by atoms with Gasteiger partial charge in [0.05, 0.1) is 14.2 Å². The van der Waals surface area contributed by atoms with Crippen molar-refractivity contribution in [1.82, 2.24) is 50.3 Å². The minimum absolute atomic E-state index is 0. The van der Waals surface area contributed by atoms with Crippen molar-refractivity contribution >= 4 is 45.9 Å². The average Bonchev–Trinajstić information content (AvgIpc) is 3.69. The van der Waals surface area contributed by atoms with Crippen molar-refractivity contribution in [3.63, 3.8) is 0 Å². The van der Waals surface area contributed by atoms with Crippen LogP contribution in [0.15, 0.2) is 49.3 Å². The number of H-pyrrole nitrogens is 2. The van der Waals surface area contributed by atoms with Gasteiger partial charge in [0, 0.05) is 24.5 Å². The van der Waals surface area contributed by atoms with Gasteiger partial charge in [-0.1, -0.05) is 14.9 Å². The van der Waals surface area contributed by atoms with Crippen LogP contribution in [0.1, 0.15) is 56.4 Å². The number of fused-ring (bicyclic) bond motifs is 2. The zero-order chi connectivity index (χ0) is 37.6. The predicted molar refractivity (Wildman–Crippen MR) is 198 cm³/mol. The number of rotatable bonds is 7. The Morgan fingerprint density at radius 2 is 1.11 bits per heavy atom. The number of nitrogens with one attached hydrogen (secondary N) is 2. The number of amides is 2. The van der Waals surface area contributed by atoms with Gasteiger partial charge >= 0.3 is 12.2 Å². The second-order valence-electron chi connectivity index (χ2n) is 12.5. The van der Waals surface area contributed by atoms with Gasteiger partial charge in [-0.05, 0) is 53.7 Å². The van der Waals surface area contributed by atoms with Crippen LogP contribution in [0.2, 0.25) is 0 Å².